The molecule has 1 unspecified atom stereocenters. The monoisotopic (exact) mass is 534 g/mol. The first-order valence-corrected chi connectivity index (χ1v) is 12.4. The highest BCUT2D eigenvalue weighted by molar-refractivity contribution is 6.31. The van der Waals surface area contributed by atoms with E-state index in [1.807, 2.05) is 24.3 Å². The normalized spacial score (nSPS) is 18.2. The molecule has 0 aliphatic carbocycles. The first-order chi connectivity index (χ1) is 17.9. The third-order valence-electron chi connectivity index (χ3n) is 6.97. The Balaban J connectivity index is 1.64. The van der Waals surface area contributed by atoms with Crippen LogP contribution in [0.2, 0.25) is 10.0 Å². The third-order valence-corrected chi connectivity index (χ3v) is 7.46. The average Bonchev–Trinajstić information content (AvgIpc) is 3.29. The van der Waals surface area contributed by atoms with Gasteiger partial charge >= 0.3 is 0 Å². The van der Waals surface area contributed by atoms with Crippen molar-refractivity contribution >= 4 is 51.7 Å². The minimum Gasteiger partial charge on any atom is -0.450 e. The summed E-state index contributed by atoms with van der Waals surface area (Å²) in [6.07, 6.45) is 0. The van der Waals surface area contributed by atoms with Gasteiger partial charge in [-0.2, -0.15) is 0 Å². The Labute approximate surface area is 221 Å². The fourth-order valence-electron chi connectivity index (χ4n) is 5.37. The summed E-state index contributed by atoms with van der Waals surface area (Å²) in [6.45, 7) is 0.458. The Bertz CT molecular complexity index is 1650. The van der Waals surface area contributed by atoms with Gasteiger partial charge in [0.1, 0.15) is 5.58 Å². The summed E-state index contributed by atoms with van der Waals surface area (Å²) < 4.78 is 11.3. The van der Waals surface area contributed by atoms with Gasteiger partial charge in [0.05, 0.1) is 29.8 Å². The lowest BCUT2D eigenvalue weighted by Gasteiger charge is -2.34. The third kappa shape index (κ3) is 3.35. The molecule has 1 spiro atoms. The molecule has 0 radical (unpaired) electrons. The Kier molecular flexibility index (Phi) is 5.60. The van der Waals surface area contributed by atoms with E-state index in [-0.39, 0.29) is 42.0 Å². The Hall–Kier alpha value is -3.65. The van der Waals surface area contributed by atoms with Gasteiger partial charge in [0.15, 0.2) is 11.0 Å². The standard InChI is InChI=1S/C28H20Cl2N2O5/c1-36-13-12-32-26(34)25-23(24(33)19-14-18(30)10-11-22(19)37-25)28(32)20-4-2-3-5-21(20)31(27(28)35)15-16-6-8-17(29)9-7-16/h2-11,14H,12-13,15H2,1H3. The van der Waals surface area contributed by atoms with Crippen molar-refractivity contribution < 1.29 is 18.7 Å². The zero-order chi connectivity index (χ0) is 25.9. The van der Waals surface area contributed by atoms with Crippen LogP contribution in [-0.2, 0) is 21.6 Å². The number of benzene rings is 3. The lowest BCUT2D eigenvalue weighted by atomic mass is 9.84. The zero-order valence-corrected chi connectivity index (χ0v) is 21.2. The Morgan fingerprint density at radius 2 is 1.68 bits per heavy atom. The van der Waals surface area contributed by atoms with Crippen LogP contribution in [-0.4, -0.2) is 37.0 Å². The molecule has 0 saturated heterocycles. The van der Waals surface area contributed by atoms with E-state index < -0.39 is 22.8 Å². The minimum atomic E-state index is -1.70. The largest absolute Gasteiger partial charge is 0.450 e. The van der Waals surface area contributed by atoms with Crippen molar-refractivity contribution in [2.24, 2.45) is 0 Å². The molecule has 186 valence electrons. The number of hydrogen-bond acceptors (Lipinski definition) is 5. The van der Waals surface area contributed by atoms with Crippen LogP contribution in [0.25, 0.3) is 11.0 Å². The van der Waals surface area contributed by atoms with Gasteiger partial charge in [0.25, 0.3) is 11.8 Å². The van der Waals surface area contributed by atoms with E-state index in [1.165, 1.54) is 18.1 Å². The van der Waals surface area contributed by atoms with Gasteiger partial charge in [0.2, 0.25) is 5.76 Å². The van der Waals surface area contributed by atoms with Crippen LogP contribution in [0.3, 0.4) is 0 Å². The van der Waals surface area contributed by atoms with Gasteiger partial charge in [-0.05, 0) is 42.0 Å². The van der Waals surface area contributed by atoms with Crippen molar-refractivity contribution in [2.45, 2.75) is 12.1 Å². The summed E-state index contributed by atoms with van der Waals surface area (Å²) in [5.41, 5.74) is 0.0345. The molecule has 0 bridgehead atoms. The summed E-state index contributed by atoms with van der Waals surface area (Å²) in [5, 5.41) is 1.13. The van der Waals surface area contributed by atoms with Crippen LogP contribution < -0.4 is 10.3 Å². The summed E-state index contributed by atoms with van der Waals surface area (Å²) in [7, 11) is 1.51. The maximum absolute atomic E-state index is 14.6. The second-order valence-electron chi connectivity index (χ2n) is 8.97. The number of fused-ring (bicyclic) bond motifs is 5. The van der Waals surface area contributed by atoms with Crippen LogP contribution >= 0.6 is 23.2 Å². The minimum absolute atomic E-state index is 0.000532. The van der Waals surface area contributed by atoms with E-state index in [0.29, 0.717) is 21.3 Å². The highest BCUT2D eigenvalue weighted by Crippen LogP contribution is 2.52. The highest BCUT2D eigenvalue weighted by Gasteiger charge is 2.64. The average molecular weight is 535 g/mol. The van der Waals surface area contributed by atoms with Gasteiger partial charge in [-0.25, -0.2) is 0 Å². The highest BCUT2D eigenvalue weighted by atomic mass is 35.5. The van der Waals surface area contributed by atoms with Crippen molar-refractivity contribution in [2.75, 3.05) is 25.2 Å². The maximum Gasteiger partial charge on any atom is 0.291 e. The summed E-state index contributed by atoms with van der Waals surface area (Å²) >= 11 is 12.3. The molecule has 3 aromatic carbocycles. The molecule has 4 aromatic rings. The van der Waals surface area contributed by atoms with Gasteiger partial charge in [0, 0.05) is 29.3 Å². The molecule has 0 saturated carbocycles. The molecule has 2 aliphatic rings. The fraction of sp³-hybridized carbons (Fsp3) is 0.179. The van der Waals surface area contributed by atoms with E-state index >= 15 is 0 Å². The summed E-state index contributed by atoms with van der Waals surface area (Å²) in [6, 6.07) is 19.0. The van der Waals surface area contributed by atoms with E-state index in [1.54, 1.807) is 41.3 Å². The van der Waals surface area contributed by atoms with Gasteiger partial charge in [-0.15, -0.1) is 0 Å². The molecule has 9 heteroatoms. The van der Waals surface area contributed by atoms with E-state index in [0.717, 1.165) is 5.56 Å². The number of nitrogens with zero attached hydrogens (tertiary/aromatic N) is 2. The first-order valence-electron chi connectivity index (χ1n) is 11.6. The smallest absolute Gasteiger partial charge is 0.291 e. The number of para-hydroxylation sites is 1. The van der Waals surface area contributed by atoms with E-state index in [9.17, 15) is 14.4 Å². The number of halogens is 2. The van der Waals surface area contributed by atoms with Crippen LogP contribution in [0, 0.1) is 0 Å². The predicted molar refractivity (Wildman–Crippen MR) is 140 cm³/mol. The van der Waals surface area contributed by atoms with Gasteiger partial charge in [-0.1, -0.05) is 53.5 Å². The van der Waals surface area contributed by atoms with Crippen molar-refractivity contribution in [1.82, 2.24) is 4.90 Å². The molecule has 6 rings (SSSR count). The number of rotatable bonds is 5. The zero-order valence-electron chi connectivity index (χ0n) is 19.7. The van der Waals surface area contributed by atoms with Crippen molar-refractivity contribution in [3.63, 3.8) is 0 Å². The maximum atomic E-state index is 14.6. The summed E-state index contributed by atoms with van der Waals surface area (Å²) in [5.74, 6) is -1.11. The van der Waals surface area contributed by atoms with E-state index in [2.05, 4.69) is 0 Å². The second-order valence-corrected chi connectivity index (χ2v) is 9.84. The molecule has 37 heavy (non-hydrogen) atoms. The number of carbonyl (C=O) groups is 2. The lowest BCUT2D eigenvalue weighted by molar-refractivity contribution is -0.126. The van der Waals surface area contributed by atoms with Crippen molar-refractivity contribution in [3.05, 3.63) is 109 Å². The molecule has 3 heterocycles. The summed E-state index contributed by atoms with van der Waals surface area (Å²) in [4.78, 5) is 45.4. The fourth-order valence-corrected chi connectivity index (χ4v) is 5.67. The quantitative estimate of drug-likeness (QED) is 0.360. The molecule has 2 aliphatic heterocycles. The SMILES string of the molecule is COCCN1C(=O)c2oc3ccc(Cl)cc3c(=O)c2C12C(=O)N(Cc1ccc(Cl)cc1)c1ccccc12. The van der Waals surface area contributed by atoms with Gasteiger partial charge in [-0.3, -0.25) is 14.4 Å². The first kappa shape index (κ1) is 23.7. The number of amides is 2. The number of hydrogen-bond donors (Lipinski definition) is 0. The van der Waals surface area contributed by atoms with Crippen molar-refractivity contribution in [3.8, 4) is 0 Å². The van der Waals surface area contributed by atoms with Crippen LogP contribution in [0.4, 0.5) is 5.69 Å². The molecule has 0 fully saturated rings. The molecule has 2 amide bonds. The Morgan fingerprint density at radius 1 is 0.946 bits per heavy atom. The lowest BCUT2D eigenvalue weighted by Crippen LogP contribution is -2.54. The topological polar surface area (TPSA) is 80.1 Å². The molecule has 0 N–H and O–H groups in total. The number of ether oxygens (including phenoxy) is 1. The molecule has 7 nitrogen and oxygen atoms in total. The number of anilines is 1. The molecular formula is C28H20Cl2N2O5. The molecule has 1 aromatic heterocycles. The molecule has 1 atom stereocenters. The predicted octanol–water partition coefficient (Wildman–Crippen LogP) is 4.99. The number of carbonyl (C=O) groups excluding carboxylic acids is 2. The van der Waals surface area contributed by atoms with Gasteiger partial charge < -0.3 is 19.0 Å². The van der Waals surface area contributed by atoms with Crippen LogP contribution in [0.5, 0.6) is 0 Å². The number of methoxy groups -OCH3 is 1. The van der Waals surface area contributed by atoms with Crippen LogP contribution in [0.15, 0.2) is 75.9 Å². The van der Waals surface area contributed by atoms with Crippen LogP contribution in [0.1, 0.15) is 27.2 Å². The van der Waals surface area contributed by atoms with E-state index in [4.69, 9.17) is 32.4 Å². The van der Waals surface area contributed by atoms with Crippen molar-refractivity contribution in [1.29, 1.82) is 0 Å². The Morgan fingerprint density at radius 3 is 2.43 bits per heavy atom. The molecular weight excluding hydrogens is 515 g/mol. The second kappa shape index (κ2) is 8.73.